The van der Waals surface area contributed by atoms with Gasteiger partial charge in [0.25, 0.3) is 0 Å². The van der Waals surface area contributed by atoms with Crippen molar-refractivity contribution in [3.63, 3.8) is 0 Å². The fourth-order valence-electron chi connectivity index (χ4n) is 0.847. The monoisotopic (exact) mass is 255 g/mol. The third kappa shape index (κ3) is 8.69. The number of nitrogens with one attached hydrogen (secondary N) is 1. The molecular formula is C8H18IN. The first-order chi connectivity index (χ1) is 4.56. The highest BCUT2D eigenvalue weighted by atomic mass is 127. The molecule has 0 aromatic carbocycles. The van der Waals surface area contributed by atoms with E-state index in [2.05, 4.69) is 41.8 Å². The second-order valence-corrected chi connectivity index (χ2v) is 6.20. The molecule has 1 nitrogen and oxygen atoms in total. The highest BCUT2D eigenvalue weighted by Crippen LogP contribution is 2.23. The Bertz CT molecular complexity index is 75.8. The van der Waals surface area contributed by atoms with Crippen LogP contribution in [0.1, 0.15) is 33.1 Å². The molecule has 0 aliphatic heterocycles. The number of rotatable bonds is 5. The summed E-state index contributed by atoms with van der Waals surface area (Å²) in [5.74, 6) is 0. The van der Waals surface area contributed by atoms with Crippen LogP contribution in [0.5, 0.6) is 0 Å². The van der Waals surface area contributed by atoms with Gasteiger partial charge in [0.1, 0.15) is 0 Å². The molecular weight excluding hydrogens is 237 g/mol. The van der Waals surface area contributed by atoms with E-state index in [1.54, 1.807) is 0 Å². The number of hydrogen-bond acceptors (Lipinski definition) is 1. The third-order valence-corrected chi connectivity index (χ3v) is 1.99. The first-order valence-corrected chi connectivity index (χ1v) is 4.97. The number of halogens is 1. The molecule has 0 aromatic heterocycles. The molecule has 0 aliphatic carbocycles. The Kier molecular flexibility index (Phi) is 5.72. The first-order valence-electron chi connectivity index (χ1n) is 3.90. The Hall–Kier alpha value is 0.690. The van der Waals surface area contributed by atoms with Gasteiger partial charge in [-0.3, -0.25) is 0 Å². The van der Waals surface area contributed by atoms with E-state index in [-0.39, 0.29) is 0 Å². The second-order valence-electron chi connectivity index (χ2n) is 3.28. The summed E-state index contributed by atoms with van der Waals surface area (Å²) in [5.41, 5.74) is 0. The summed E-state index contributed by atoms with van der Waals surface area (Å²) >= 11 is 2.51. The van der Waals surface area contributed by atoms with E-state index < -0.39 is 0 Å². The highest BCUT2D eigenvalue weighted by Gasteiger charge is 2.10. The zero-order valence-electron chi connectivity index (χ0n) is 7.21. The zero-order chi connectivity index (χ0) is 8.04. The lowest BCUT2D eigenvalue weighted by atomic mass is 10.1. The van der Waals surface area contributed by atoms with Gasteiger partial charge >= 0.3 is 0 Å². The van der Waals surface area contributed by atoms with Crippen LogP contribution in [0.4, 0.5) is 0 Å². The van der Waals surface area contributed by atoms with E-state index in [4.69, 9.17) is 0 Å². The van der Waals surface area contributed by atoms with E-state index in [1.807, 2.05) is 7.05 Å². The Morgan fingerprint density at radius 3 is 2.30 bits per heavy atom. The fraction of sp³-hybridized carbons (Fsp3) is 1.00. The molecule has 2 heteroatoms. The second kappa shape index (κ2) is 5.35. The molecule has 1 N–H and O–H groups in total. The predicted octanol–water partition coefficient (Wildman–Crippen LogP) is 2.59. The third-order valence-electron chi connectivity index (χ3n) is 1.45. The molecule has 0 radical (unpaired) electrons. The van der Waals surface area contributed by atoms with Crippen LogP contribution in [-0.4, -0.2) is 17.0 Å². The largest absolute Gasteiger partial charge is 0.320 e. The minimum Gasteiger partial charge on any atom is -0.320 e. The molecule has 62 valence electrons. The van der Waals surface area contributed by atoms with Crippen molar-refractivity contribution >= 4 is 22.6 Å². The SMILES string of the molecule is CNCCCCC(C)(C)I. The van der Waals surface area contributed by atoms with Crippen LogP contribution >= 0.6 is 22.6 Å². The standard InChI is InChI=1S/C8H18IN/c1-8(2,9)6-4-5-7-10-3/h10H,4-7H2,1-3H3. The van der Waals surface area contributed by atoms with Gasteiger partial charge in [-0.1, -0.05) is 42.9 Å². The lowest BCUT2D eigenvalue weighted by Crippen LogP contribution is -2.11. The van der Waals surface area contributed by atoms with Gasteiger partial charge in [-0.2, -0.15) is 0 Å². The summed E-state index contributed by atoms with van der Waals surface area (Å²) in [6, 6.07) is 0. The summed E-state index contributed by atoms with van der Waals surface area (Å²) in [5, 5.41) is 3.15. The van der Waals surface area contributed by atoms with E-state index in [0.717, 1.165) is 6.54 Å². The Morgan fingerprint density at radius 2 is 1.90 bits per heavy atom. The van der Waals surface area contributed by atoms with E-state index in [1.165, 1.54) is 19.3 Å². The van der Waals surface area contributed by atoms with Crippen LogP contribution in [-0.2, 0) is 0 Å². The van der Waals surface area contributed by atoms with Gasteiger partial charge in [0.15, 0.2) is 0 Å². The van der Waals surface area contributed by atoms with Gasteiger partial charge in [0, 0.05) is 3.42 Å². The van der Waals surface area contributed by atoms with Gasteiger partial charge in [-0.25, -0.2) is 0 Å². The average molecular weight is 255 g/mol. The maximum atomic E-state index is 3.15. The minimum atomic E-state index is 0.492. The molecule has 0 amide bonds. The van der Waals surface area contributed by atoms with Gasteiger partial charge in [-0.05, 0) is 26.4 Å². The van der Waals surface area contributed by atoms with Crippen LogP contribution in [0.3, 0.4) is 0 Å². The summed E-state index contributed by atoms with van der Waals surface area (Å²) < 4.78 is 0.492. The molecule has 0 aromatic rings. The fourth-order valence-corrected chi connectivity index (χ4v) is 1.23. The number of hydrogen-bond donors (Lipinski definition) is 1. The molecule has 0 fully saturated rings. The van der Waals surface area contributed by atoms with Crippen molar-refractivity contribution in [2.45, 2.75) is 36.5 Å². The van der Waals surface area contributed by atoms with Gasteiger partial charge in [0.05, 0.1) is 0 Å². The normalized spacial score (nSPS) is 12.0. The minimum absolute atomic E-state index is 0.492. The van der Waals surface area contributed by atoms with Gasteiger partial charge in [0.2, 0.25) is 0 Å². The maximum Gasteiger partial charge on any atom is 0.0166 e. The van der Waals surface area contributed by atoms with Gasteiger partial charge in [-0.15, -0.1) is 0 Å². The lowest BCUT2D eigenvalue weighted by Gasteiger charge is -2.14. The molecule has 0 saturated heterocycles. The zero-order valence-corrected chi connectivity index (χ0v) is 9.36. The predicted molar refractivity (Wildman–Crippen MR) is 55.9 cm³/mol. The molecule has 0 saturated carbocycles. The molecule has 0 atom stereocenters. The van der Waals surface area contributed by atoms with Gasteiger partial charge < -0.3 is 5.32 Å². The van der Waals surface area contributed by atoms with Crippen LogP contribution < -0.4 is 5.32 Å². The summed E-state index contributed by atoms with van der Waals surface area (Å²) in [6.45, 7) is 5.73. The Morgan fingerprint density at radius 1 is 1.30 bits per heavy atom. The summed E-state index contributed by atoms with van der Waals surface area (Å²) in [7, 11) is 2.01. The van der Waals surface area contributed by atoms with E-state index in [0.29, 0.717) is 3.42 Å². The molecule has 0 heterocycles. The van der Waals surface area contributed by atoms with Crippen molar-refractivity contribution in [1.29, 1.82) is 0 Å². The summed E-state index contributed by atoms with van der Waals surface area (Å²) in [6.07, 6.45) is 3.98. The molecule has 0 unspecified atom stereocenters. The van der Waals surface area contributed by atoms with E-state index >= 15 is 0 Å². The molecule has 0 bridgehead atoms. The Balaban J connectivity index is 3.04. The lowest BCUT2D eigenvalue weighted by molar-refractivity contribution is 0.583. The molecule has 0 spiro atoms. The first kappa shape index (κ1) is 10.7. The quantitative estimate of drug-likeness (QED) is 0.452. The van der Waals surface area contributed by atoms with Crippen LogP contribution in [0.15, 0.2) is 0 Å². The number of alkyl halides is 1. The van der Waals surface area contributed by atoms with E-state index in [9.17, 15) is 0 Å². The maximum absolute atomic E-state index is 3.15. The van der Waals surface area contributed by atoms with Crippen molar-refractivity contribution in [2.75, 3.05) is 13.6 Å². The molecule has 0 aliphatic rings. The van der Waals surface area contributed by atoms with Crippen molar-refractivity contribution in [1.82, 2.24) is 5.32 Å². The summed E-state index contributed by atoms with van der Waals surface area (Å²) in [4.78, 5) is 0. The van der Waals surface area contributed by atoms with Crippen molar-refractivity contribution in [3.8, 4) is 0 Å². The van der Waals surface area contributed by atoms with Crippen molar-refractivity contribution in [2.24, 2.45) is 0 Å². The van der Waals surface area contributed by atoms with Crippen LogP contribution in [0.2, 0.25) is 0 Å². The molecule has 10 heavy (non-hydrogen) atoms. The number of unbranched alkanes of at least 4 members (excludes halogenated alkanes) is 1. The smallest absolute Gasteiger partial charge is 0.0166 e. The van der Waals surface area contributed by atoms with Crippen molar-refractivity contribution < 1.29 is 0 Å². The Labute approximate surface area is 78.1 Å². The topological polar surface area (TPSA) is 12.0 Å². The van der Waals surface area contributed by atoms with Crippen molar-refractivity contribution in [3.05, 3.63) is 0 Å². The van der Waals surface area contributed by atoms with Crippen LogP contribution in [0.25, 0.3) is 0 Å². The average Bonchev–Trinajstić information content (AvgIpc) is 1.78. The van der Waals surface area contributed by atoms with Crippen LogP contribution in [0, 0.1) is 0 Å². The molecule has 0 rings (SSSR count). The highest BCUT2D eigenvalue weighted by molar-refractivity contribution is 14.1.